The molecule has 1 aliphatic heterocycles. The van der Waals surface area contributed by atoms with Gasteiger partial charge < -0.3 is 10.6 Å². The molecule has 3 rings (SSSR count). The first kappa shape index (κ1) is 12.4. The van der Waals surface area contributed by atoms with Crippen molar-refractivity contribution < 1.29 is 4.79 Å². The summed E-state index contributed by atoms with van der Waals surface area (Å²) in [5.41, 5.74) is 2.43. The maximum absolute atomic E-state index is 11.7. The zero-order chi connectivity index (χ0) is 13.1. The van der Waals surface area contributed by atoms with Gasteiger partial charge in [0.25, 0.3) is 0 Å². The van der Waals surface area contributed by atoms with E-state index in [4.69, 9.17) is 0 Å². The fourth-order valence-electron chi connectivity index (χ4n) is 2.30. The Bertz CT molecular complexity index is 548. The van der Waals surface area contributed by atoms with Crippen LogP contribution in [0.3, 0.4) is 0 Å². The Hall–Kier alpha value is -1.65. The summed E-state index contributed by atoms with van der Waals surface area (Å²) in [6, 6.07) is 12.6. The first-order valence-corrected chi connectivity index (χ1v) is 7.35. The SMILES string of the molecule is O=C1NCCNC1Cc1ccc(-c2cccs2)cc1. The van der Waals surface area contributed by atoms with Gasteiger partial charge in [-0.2, -0.15) is 0 Å². The van der Waals surface area contributed by atoms with Gasteiger partial charge in [-0.05, 0) is 29.0 Å². The first-order valence-electron chi connectivity index (χ1n) is 6.47. The van der Waals surface area contributed by atoms with Crippen LogP contribution in [-0.2, 0) is 11.2 Å². The molecule has 1 unspecified atom stereocenters. The highest BCUT2D eigenvalue weighted by molar-refractivity contribution is 7.13. The fourth-order valence-corrected chi connectivity index (χ4v) is 3.03. The average molecular weight is 272 g/mol. The van der Waals surface area contributed by atoms with Gasteiger partial charge in [0.05, 0.1) is 6.04 Å². The Morgan fingerprint density at radius 2 is 2.00 bits per heavy atom. The van der Waals surface area contributed by atoms with Gasteiger partial charge in [0.1, 0.15) is 0 Å². The lowest BCUT2D eigenvalue weighted by Gasteiger charge is -2.23. The Labute approximate surface area is 116 Å². The van der Waals surface area contributed by atoms with Gasteiger partial charge in [0.2, 0.25) is 5.91 Å². The number of piperazine rings is 1. The molecule has 0 aliphatic carbocycles. The zero-order valence-corrected chi connectivity index (χ0v) is 11.4. The molecule has 2 aromatic rings. The zero-order valence-electron chi connectivity index (χ0n) is 10.6. The van der Waals surface area contributed by atoms with Gasteiger partial charge in [-0.1, -0.05) is 30.3 Å². The highest BCUT2D eigenvalue weighted by atomic mass is 32.1. The number of benzene rings is 1. The minimum Gasteiger partial charge on any atom is -0.353 e. The fraction of sp³-hybridized carbons (Fsp3) is 0.267. The molecular formula is C15H16N2OS. The molecule has 3 nitrogen and oxygen atoms in total. The number of carbonyl (C=O) groups excluding carboxylic acids is 1. The number of rotatable bonds is 3. The van der Waals surface area contributed by atoms with Crippen molar-refractivity contribution >= 4 is 17.2 Å². The largest absolute Gasteiger partial charge is 0.353 e. The number of nitrogens with one attached hydrogen (secondary N) is 2. The lowest BCUT2D eigenvalue weighted by Crippen LogP contribution is -2.53. The summed E-state index contributed by atoms with van der Waals surface area (Å²) in [7, 11) is 0. The highest BCUT2D eigenvalue weighted by Crippen LogP contribution is 2.24. The summed E-state index contributed by atoms with van der Waals surface area (Å²) in [6.45, 7) is 1.58. The quantitative estimate of drug-likeness (QED) is 0.898. The van der Waals surface area contributed by atoms with Crippen molar-refractivity contribution in [1.29, 1.82) is 0 Å². The second kappa shape index (κ2) is 5.55. The number of hydrogen-bond acceptors (Lipinski definition) is 3. The van der Waals surface area contributed by atoms with Crippen LogP contribution in [0.2, 0.25) is 0 Å². The molecule has 1 amide bonds. The number of hydrogen-bond donors (Lipinski definition) is 2. The van der Waals surface area contributed by atoms with Gasteiger partial charge in [0.15, 0.2) is 0 Å². The lowest BCUT2D eigenvalue weighted by molar-refractivity contribution is -0.124. The summed E-state index contributed by atoms with van der Waals surface area (Å²) >= 11 is 1.74. The minimum atomic E-state index is -0.0960. The van der Waals surface area contributed by atoms with E-state index in [-0.39, 0.29) is 11.9 Å². The molecule has 0 bridgehead atoms. The molecule has 1 saturated heterocycles. The number of amides is 1. The molecule has 2 N–H and O–H groups in total. The normalized spacial score (nSPS) is 19.2. The van der Waals surface area contributed by atoms with Gasteiger partial charge in [-0.25, -0.2) is 0 Å². The van der Waals surface area contributed by atoms with E-state index in [0.717, 1.165) is 19.5 Å². The molecule has 1 aliphatic rings. The molecule has 1 aromatic carbocycles. The molecular weight excluding hydrogens is 256 g/mol. The van der Waals surface area contributed by atoms with Gasteiger partial charge in [0, 0.05) is 18.0 Å². The topological polar surface area (TPSA) is 41.1 Å². The molecule has 1 fully saturated rings. The van der Waals surface area contributed by atoms with E-state index in [2.05, 4.69) is 52.4 Å². The smallest absolute Gasteiger partial charge is 0.237 e. The van der Waals surface area contributed by atoms with Crippen molar-refractivity contribution in [3.05, 3.63) is 47.3 Å². The molecule has 98 valence electrons. The summed E-state index contributed by atoms with van der Waals surface area (Å²) < 4.78 is 0. The highest BCUT2D eigenvalue weighted by Gasteiger charge is 2.21. The average Bonchev–Trinajstić information content (AvgIpc) is 2.96. The van der Waals surface area contributed by atoms with Crippen LogP contribution in [0.4, 0.5) is 0 Å². The summed E-state index contributed by atoms with van der Waals surface area (Å²) in [4.78, 5) is 13.0. The van der Waals surface area contributed by atoms with Crippen LogP contribution >= 0.6 is 11.3 Å². The summed E-state index contributed by atoms with van der Waals surface area (Å²) in [6.07, 6.45) is 0.747. The van der Waals surface area contributed by atoms with Crippen molar-refractivity contribution in [2.24, 2.45) is 0 Å². The predicted molar refractivity (Wildman–Crippen MR) is 78.3 cm³/mol. The van der Waals surface area contributed by atoms with Crippen molar-refractivity contribution in [2.45, 2.75) is 12.5 Å². The van der Waals surface area contributed by atoms with Crippen molar-refractivity contribution in [2.75, 3.05) is 13.1 Å². The van der Waals surface area contributed by atoms with Gasteiger partial charge in [-0.15, -0.1) is 11.3 Å². The Morgan fingerprint density at radius 3 is 2.68 bits per heavy atom. The van der Waals surface area contributed by atoms with E-state index in [1.54, 1.807) is 11.3 Å². The third-order valence-corrected chi connectivity index (χ3v) is 4.25. The molecule has 19 heavy (non-hydrogen) atoms. The van der Waals surface area contributed by atoms with Crippen LogP contribution < -0.4 is 10.6 Å². The Kier molecular flexibility index (Phi) is 3.62. The van der Waals surface area contributed by atoms with Gasteiger partial charge in [-0.3, -0.25) is 4.79 Å². The second-order valence-corrected chi connectivity index (χ2v) is 5.62. The minimum absolute atomic E-state index is 0.0960. The van der Waals surface area contributed by atoms with Crippen LogP contribution in [0.15, 0.2) is 41.8 Å². The summed E-state index contributed by atoms with van der Waals surface area (Å²) in [5, 5.41) is 8.22. The first-order chi connectivity index (χ1) is 9.33. The van der Waals surface area contributed by atoms with Crippen LogP contribution in [-0.4, -0.2) is 25.0 Å². The molecule has 0 spiro atoms. The molecule has 1 atom stereocenters. The van der Waals surface area contributed by atoms with Crippen molar-refractivity contribution in [3.63, 3.8) is 0 Å². The maximum atomic E-state index is 11.7. The monoisotopic (exact) mass is 272 g/mol. The number of thiophene rings is 1. The molecule has 4 heteroatoms. The Morgan fingerprint density at radius 1 is 1.16 bits per heavy atom. The second-order valence-electron chi connectivity index (χ2n) is 4.68. The van der Waals surface area contributed by atoms with Gasteiger partial charge >= 0.3 is 0 Å². The van der Waals surface area contributed by atoms with E-state index in [1.807, 2.05) is 0 Å². The van der Waals surface area contributed by atoms with E-state index in [1.165, 1.54) is 16.0 Å². The van der Waals surface area contributed by atoms with Crippen LogP contribution in [0.1, 0.15) is 5.56 Å². The third-order valence-electron chi connectivity index (χ3n) is 3.33. The molecule has 0 saturated carbocycles. The number of carbonyl (C=O) groups is 1. The van der Waals surface area contributed by atoms with Crippen LogP contribution in [0.5, 0.6) is 0 Å². The standard InChI is InChI=1S/C15H16N2OS/c18-15-13(16-7-8-17-15)10-11-3-5-12(6-4-11)14-2-1-9-19-14/h1-6,9,13,16H,7-8,10H2,(H,17,18). The van der Waals surface area contributed by atoms with E-state index in [9.17, 15) is 4.79 Å². The van der Waals surface area contributed by atoms with Crippen LogP contribution in [0, 0.1) is 0 Å². The van der Waals surface area contributed by atoms with E-state index in [0.29, 0.717) is 0 Å². The molecule has 0 radical (unpaired) electrons. The molecule has 2 heterocycles. The van der Waals surface area contributed by atoms with E-state index >= 15 is 0 Å². The van der Waals surface area contributed by atoms with Crippen LogP contribution in [0.25, 0.3) is 10.4 Å². The lowest BCUT2D eigenvalue weighted by atomic mass is 10.0. The Balaban J connectivity index is 1.70. The predicted octanol–water partition coefficient (Wildman–Crippen LogP) is 2.05. The third kappa shape index (κ3) is 2.85. The van der Waals surface area contributed by atoms with Crippen molar-refractivity contribution in [3.8, 4) is 10.4 Å². The summed E-state index contributed by atoms with van der Waals surface area (Å²) in [5.74, 6) is 0.105. The van der Waals surface area contributed by atoms with Crippen molar-refractivity contribution in [1.82, 2.24) is 10.6 Å². The molecule has 1 aromatic heterocycles. The van der Waals surface area contributed by atoms with E-state index < -0.39 is 0 Å². The maximum Gasteiger partial charge on any atom is 0.237 e.